The van der Waals surface area contributed by atoms with Crippen LogP contribution in [0.3, 0.4) is 0 Å². The Hall–Kier alpha value is -1.37. The molecule has 0 saturated heterocycles. The smallest absolute Gasteiger partial charge is 0.195 e. The van der Waals surface area contributed by atoms with Crippen molar-refractivity contribution in [1.82, 2.24) is 14.8 Å². The Morgan fingerprint density at radius 3 is 2.35 bits per heavy atom. The number of hydrogen-bond acceptors (Lipinski definition) is 2. The second kappa shape index (κ2) is 7.42. The molecular formula is C15H21IN4. The van der Waals surface area contributed by atoms with E-state index < -0.39 is 0 Å². The van der Waals surface area contributed by atoms with E-state index in [0.29, 0.717) is 6.54 Å². The van der Waals surface area contributed by atoms with Crippen molar-refractivity contribution in [3.63, 3.8) is 0 Å². The monoisotopic (exact) mass is 384 g/mol. The Kier molecular flexibility index (Phi) is 6.19. The average molecular weight is 384 g/mol. The zero-order chi connectivity index (χ0) is 13.8. The Balaban J connectivity index is 0.00000200. The Labute approximate surface area is 137 Å². The maximum absolute atomic E-state index is 4.68. The van der Waals surface area contributed by atoms with Crippen LogP contribution in [0.15, 0.2) is 41.5 Å². The van der Waals surface area contributed by atoms with E-state index in [9.17, 15) is 0 Å². The Bertz CT molecular complexity index is 578. The minimum atomic E-state index is 0. The quantitative estimate of drug-likeness (QED) is 0.454. The fourth-order valence-electron chi connectivity index (χ4n) is 2.13. The molecule has 0 bridgehead atoms. The summed E-state index contributed by atoms with van der Waals surface area (Å²) in [5, 5.41) is 1.17. The summed E-state index contributed by atoms with van der Waals surface area (Å²) in [7, 11) is 8.01. The third-order valence-electron chi connectivity index (χ3n) is 2.93. The summed E-state index contributed by atoms with van der Waals surface area (Å²) in [5.41, 5.74) is 2.22. The molecule has 4 nitrogen and oxygen atoms in total. The van der Waals surface area contributed by atoms with Crippen LogP contribution in [0.2, 0.25) is 0 Å². The van der Waals surface area contributed by atoms with Gasteiger partial charge in [0.1, 0.15) is 0 Å². The number of hydrogen-bond donors (Lipinski definition) is 0. The molecule has 20 heavy (non-hydrogen) atoms. The van der Waals surface area contributed by atoms with Gasteiger partial charge in [0, 0.05) is 39.8 Å². The standard InChI is InChI=1S/C15H20N4.HI/c1-18(2)15(19(3)4)17-11-12-9-10-16-14-8-6-5-7-13(12)14;/h5-10H,11H2,1-4H3;1H. The van der Waals surface area contributed by atoms with E-state index in [1.165, 1.54) is 10.9 Å². The van der Waals surface area contributed by atoms with E-state index >= 15 is 0 Å². The molecule has 0 unspecified atom stereocenters. The summed E-state index contributed by atoms with van der Waals surface area (Å²) in [4.78, 5) is 13.1. The van der Waals surface area contributed by atoms with Gasteiger partial charge in [-0.1, -0.05) is 18.2 Å². The molecule has 0 fully saturated rings. The maximum atomic E-state index is 4.68. The number of rotatable bonds is 2. The highest BCUT2D eigenvalue weighted by molar-refractivity contribution is 14.0. The van der Waals surface area contributed by atoms with Crippen molar-refractivity contribution >= 4 is 40.8 Å². The van der Waals surface area contributed by atoms with Gasteiger partial charge >= 0.3 is 0 Å². The van der Waals surface area contributed by atoms with Gasteiger partial charge in [0.15, 0.2) is 5.96 Å². The van der Waals surface area contributed by atoms with Gasteiger partial charge in [0.05, 0.1) is 12.1 Å². The molecule has 1 heterocycles. The van der Waals surface area contributed by atoms with Crippen LogP contribution < -0.4 is 0 Å². The number of aromatic nitrogens is 1. The number of guanidine groups is 1. The van der Waals surface area contributed by atoms with Crippen molar-refractivity contribution in [2.45, 2.75) is 6.54 Å². The van der Waals surface area contributed by atoms with Gasteiger partial charge in [-0.2, -0.15) is 0 Å². The van der Waals surface area contributed by atoms with Crippen molar-refractivity contribution in [3.05, 3.63) is 42.1 Å². The van der Waals surface area contributed by atoms with Crippen LogP contribution in [0.25, 0.3) is 10.9 Å². The summed E-state index contributed by atoms with van der Waals surface area (Å²) in [6.07, 6.45) is 1.85. The predicted octanol–water partition coefficient (Wildman–Crippen LogP) is 2.83. The van der Waals surface area contributed by atoms with Crippen LogP contribution in [0, 0.1) is 0 Å². The number of benzene rings is 1. The van der Waals surface area contributed by atoms with E-state index in [1.807, 2.05) is 68.5 Å². The van der Waals surface area contributed by atoms with Gasteiger partial charge in [-0.15, -0.1) is 24.0 Å². The van der Waals surface area contributed by atoms with Crippen LogP contribution in [0.5, 0.6) is 0 Å². The molecule has 1 aromatic carbocycles. The molecule has 0 aliphatic carbocycles. The third-order valence-corrected chi connectivity index (χ3v) is 2.93. The van der Waals surface area contributed by atoms with Crippen molar-refractivity contribution in [2.75, 3.05) is 28.2 Å². The van der Waals surface area contributed by atoms with E-state index in [4.69, 9.17) is 0 Å². The molecule has 0 radical (unpaired) electrons. The summed E-state index contributed by atoms with van der Waals surface area (Å²) < 4.78 is 0. The summed E-state index contributed by atoms with van der Waals surface area (Å²) in [6, 6.07) is 10.2. The topological polar surface area (TPSA) is 31.7 Å². The highest BCUT2D eigenvalue weighted by Crippen LogP contribution is 2.17. The third kappa shape index (κ3) is 3.82. The molecular weight excluding hydrogens is 363 g/mol. The van der Waals surface area contributed by atoms with E-state index in [1.54, 1.807) is 0 Å². The lowest BCUT2D eigenvalue weighted by Crippen LogP contribution is -2.35. The molecule has 2 rings (SSSR count). The number of para-hydroxylation sites is 1. The van der Waals surface area contributed by atoms with Crippen LogP contribution in [-0.2, 0) is 6.54 Å². The van der Waals surface area contributed by atoms with E-state index in [0.717, 1.165) is 11.5 Å². The number of nitrogens with zero attached hydrogens (tertiary/aromatic N) is 4. The van der Waals surface area contributed by atoms with Gasteiger partial charge in [-0.25, -0.2) is 4.99 Å². The molecule has 0 saturated carbocycles. The van der Waals surface area contributed by atoms with Crippen molar-refractivity contribution in [2.24, 2.45) is 4.99 Å². The lowest BCUT2D eigenvalue weighted by Gasteiger charge is -2.22. The largest absolute Gasteiger partial charge is 0.349 e. The van der Waals surface area contributed by atoms with Gasteiger partial charge in [0.2, 0.25) is 0 Å². The number of pyridine rings is 1. The second-order valence-corrected chi connectivity index (χ2v) is 4.89. The molecule has 108 valence electrons. The van der Waals surface area contributed by atoms with Crippen molar-refractivity contribution in [1.29, 1.82) is 0 Å². The molecule has 2 aromatic rings. The lowest BCUT2D eigenvalue weighted by molar-refractivity contribution is 0.479. The fourth-order valence-corrected chi connectivity index (χ4v) is 2.13. The minimum absolute atomic E-state index is 0. The highest BCUT2D eigenvalue weighted by atomic mass is 127. The maximum Gasteiger partial charge on any atom is 0.195 e. The number of aliphatic imine (C=N–C) groups is 1. The molecule has 1 aromatic heterocycles. The molecule has 0 amide bonds. The van der Waals surface area contributed by atoms with Crippen molar-refractivity contribution in [3.8, 4) is 0 Å². The Morgan fingerprint density at radius 1 is 1.05 bits per heavy atom. The molecule has 0 aliphatic heterocycles. The Morgan fingerprint density at radius 2 is 1.70 bits per heavy atom. The van der Waals surface area contributed by atoms with Gasteiger partial charge in [0.25, 0.3) is 0 Å². The highest BCUT2D eigenvalue weighted by Gasteiger charge is 2.05. The van der Waals surface area contributed by atoms with Gasteiger partial charge < -0.3 is 9.80 Å². The van der Waals surface area contributed by atoms with E-state index in [2.05, 4.69) is 16.0 Å². The molecule has 0 spiro atoms. The fraction of sp³-hybridized carbons (Fsp3) is 0.333. The van der Waals surface area contributed by atoms with Crippen LogP contribution >= 0.6 is 24.0 Å². The lowest BCUT2D eigenvalue weighted by atomic mass is 10.1. The second-order valence-electron chi connectivity index (χ2n) is 4.89. The molecule has 0 atom stereocenters. The first-order valence-corrected chi connectivity index (χ1v) is 6.31. The predicted molar refractivity (Wildman–Crippen MR) is 95.7 cm³/mol. The number of halogens is 1. The van der Waals surface area contributed by atoms with Crippen molar-refractivity contribution < 1.29 is 0 Å². The zero-order valence-electron chi connectivity index (χ0n) is 12.4. The van der Waals surface area contributed by atoms with Crippen LogP contribution in [0.1, 0.15) is 5.56 Å². The zero-order valence-corrected chi connectivity index (χ0v) is 14.7. The number of fused-ring (bicyclic) bond motifs is 1. The summed E-state index contributed by atoms with van der Waals surface area (Å²) >= 11 is 0. The SMILES string of the molecule is CN(C)C(=NCc1ccnc2ccccc12)N(C)C.I. The summed E-state index contributed by atoms with van der Waals surface area (Å²) in [5.74, 6) is 0.959. The first kappa shape index (κ1) is 16.7. The molecule has 5 heteroatoms. The molecule has 0 N–H and O–H groups in total. The molecule has 0 aliphatic rings. The normalized spacial score (nSPS) is 9.80. The minimum Gasteiger partial charge on any atom is -0.349 e. The first-order valence-electron chi connectivity index (χ1n) is 6.31. The van der Waals surface area contributed by atoms with Crippen LogP contribution in [0.4, 0.5) is 0 Å². The first-order chi connectivity index (χ1) is 9.09. The van der Waals surface area contributed by atoms with E-state index in [-0.39, 0.29) is 24.0 Å². The van der Waals surface area contributed by atoms with Gasteiger partial charge in [-0.3, -0.25) is 4.98 Å². The average Bonchev–Trinajstić information content (AvgIpc) is 2.38. The van der Waals surface area contributed by atoms with Gasteiger partial charge in [-0.05, 0) is 17.7 Å². The van der Waals surface area contributed by atoms with Crippen LogP contribution in [-0.4, -0.2) is 48.9 Å². The summed E-state index contributed by atoms with van der Waals surface area (Å²) in [6.45, 7) is 0.661.